The zero-order valence-corrected chi connectivity index (χ0v) is 9.48. The first kappa shape index (κ1) is 12.0. The summed E-state index contributed by atoms with van der Waals surface area (Å²) in [7, 11) is 0. The van der Waals surface area contributed by atoms with Crippen molar-refractivity contribution < 1.29 is 5.11 Å². The number of hydrogen-bond donors (Lipinski definition) is 3. The van der Waals surface area contributed by atoms with Crippen LogP contribution in [0.5, 0.6) is 0 Å². The summed E-state index contributed by atoms with van der Waals surface area (Å²) in [5.41, 5.74) is 12.1. The fourth-order valence-corrected chi connectivity index (χ4v) is 2.52. The summed E-state index contributed by atoms with van der Waals surface area (Å²) in [5, 5.41) is 9.98. The maximum absolute atomic E-state index is 9.98. The number of aliphatic hydroxyl groups is 1. The molecule has 14 heavy (non-hydrogen) atoms. The average Bonchev–Trinajstić information content (AvgIpc) is 2.39. The highest BCUT2D eigenvalue weighted by Gasteiger charge is 2.42. The molecule has 3 heteroatoms. The van der Waals surface area contributed by atoms with E-state index in [0.717, 1.165) is 12.8 Å². The van der Waals surface area contributed by atoms with Gasteiger partial charge in [-0.1, -0.05) is 27.2 Å². The van der Waals surface area contributed by atoms with Gasteiger partial charge in [0.15, 0.2) is 0 Å². The molecule has 6 atom stereocenters. The summed E-state index contributed by atoms with van der Waals surface area (Å²) in [4.78, 5) is 0. The predicted octanol–water partition coefficient (Wildman–Crippen LogP) is 0.704. The molecule has 5 N–H and O–H groups in total. The minimum Gasteiger partial charge on any atom is -0.392 e. The van der Waals surface area contributed by atoms with E-state index in [2.05, 4.69) is 13.8 Å². The summed E-state index contributed by atoms with van der Waals surface area (Å²) >= 11 is 0. The SMILES string of the molecule is CCC(C)C(N)C1C(N)CC(C)C1O. The predicted molar refractivity (Wildman–Crippen MR) is 58.7 cm³/mol. The molecule has 0 aromatic heterocycles. The Kier molecular flexibility index (Phi) is 3.93. The van der Waals surface area contributed by atoms with Crippen molar-refractivity contribution in [3.05, 3.63) is 0 Å². The Bertz CT molecular complexity index is 186. The number of rotatable bonds is 3. The van der Waals surface area contributed by atoms with Crippen LogP contribution < -0.4 is 11.5 Å². The molecule has 1 aliphatic carbocycles. The fourth-order valence-electron chi connectivity index (χ4n) is 2.52. The van der Waals surface area contributed by atoms with Crippen LogP contribution in [0.15, 0.2) is 0 Å². The lowest BCUT2D eigenvalue weighted by Gasteiger charge is -2.30. The zero-order valence-electron chi connectivity index (χ0n) is 9.48. The van der Waals surface area contributed by atoms with Crippen LogP contribution in [0.4, 0.5) is 0 Å². The van der Waals surface area contributed by atoms with Crippen molar-refractivity contribution in [3.8, 4) is 0 Å². The summed E-state index contributed by atoms with van der Waals surface area (Å²) < 4.78 is 0. The Morgan fingerprint density at radius 1 is 1.50 bits per heavy atom. The first-order valence-electron chi connectivity index (χ1n) is 5.68. The summed E-state index contributed by atoms with van der Waals surface area (Å²) in [5.74, 6) is 0.816. The van der Waals surface area contributed by atoms with Gasteiger partial charge in [-0.3, -0.25) is 0 Å². The third-order valence-corrected chi connectivity index (χ3v) is 3.86. The molecule has 6 unspecified atom stereocenters. The molecule has 0 spiro atoms. The normalized spacial score (nSPS) is 42.4. The van der Waals surface area contributed by atoms with E-state index >= 15 is 0 Å². The van der Waals surface area contributed by atoms with Gasteiger partial charge in [-0.2, -0.15) is 0 Å². The van der Waals surface area contributed by atoms with Gasteiger partial charge < -0.3 is 16.6 Å². The quantitative estimate of drug-likeness (QED) is 0.628. The molecular formula is C11H24N2O. The molecule has 0 saturated heterocycles. The van der Waals surface area contributed by atoms with Crippen LogP contribution in [-0.2, 0) is 0 Å². The Labute approximate surface area is 86.9 Å². The molecule has 1 aliphatic rings. The number of nitrogens with two attached hydrogens (primary N) is 2. The summed E-state index contributed by atoms with van der Waals surface area (Å²) in [6.45, 7) is 6.31. The van der Waals surface area contributed by atoms with E-state index in [1.165, 1.54) is 0 Å². The first-order chi connectivity index (χ1) is 6.49. The molecule has 0 aliphatic heterocycles. The van der Waals surface area contributed by atoms with E-state index in [9.17, 15) is 5.11 Å². The van der Waals surface area contributed by atoms with Crippen molar-refractivity contribution in [2.24, 2.45) is 29.2 Å². The maximum atomic E-state index is 9.98. The van der Waals surface area contributed by atoms with E-state index in [1.54, 1.807) is 0 Å². The lowest BCUT2D eigenvalue weighted by molar-refractivity contribution is 0.0723. The molecule has 0 bridgehead atoms. The van der Waals surface area contributed by atoms with E-state index in [1.807, 2.05) is 6.92 Å². The molecule has 0 heterocycles. The highest BCUT2D eigenvalue weighted by Crippen LogP contribution is 2.34. The number of hydrogen-bond acceptors (Lipinski definition) is 3. The molecule has 1 fully saturated rings. The van der Waals surface area contributed by atoms with Crippen molar-refractivity contribution in [1.29, 1.82) is 0 Å². The molecular weight excluding hydrogens is 176 g/mol. The van der Waals surface area contributed by atoms with Crippen LogP contribution in [0.3, 0.4) is 0 Å². The van der Waals surface area contributed by atoms with Gasteiger partial charge in [-0.15, -0.1) is 0 Å². The lowest BCUT2D eigenvalue weighted by Crippen LogP contribution is -2.47. The topological polar surface area (TPSA) is 72.3 Å². The Morgan fingerprint density at radius 2 is 2.07 bits per heavy atom. The van der Waals surface area contributed by atoms with Gasteiger partial charge in [0, 0.05) is 18.0 Å². The zero-order chi connectivity index (χ0) is 10.9. The molecule has 0 radical (unpaired) electrons. The van der Waals surface area contributed by atoms with Crippen molar-refractivity contribution in [1.82, 2.24) is 0 Å². The van der Waals surface area contributed by atoms with Crippen molar-refractivity contribution in [2.75, 3.05) is 0 Å². The van der Waals surface area contributed by atoms with Gasteiger partial charge >= 0.3 is 0 Å². The van der Waals surface area contributed by atoms with E-state index in [4.69, 9.17) is 11.5 Å². The third kappa shape index (κ3) is 2.10. The molecule has 1 saturated carbocycles. The van der Waals surface area contributed by atoms with E-state index < -0.39 is 0 Å². The summed E-state index contributed by atoms with van der Waals surface area (Å²) in [6.07, 6.45) is 1.63. The fraction of sp³-hybridized carbons (Fsp3) is 1.00. The molecule has 3 nitrogen and oxygen atoms in total. The second-order valence-electron chi connectivity index (χ2n) is 4.91. The average molecular weight is 200 g/mol. The monoisotopic (exact) mass is 200 g/mol. The van der Waals surface area contributed by atoms with Gasteiger partial charge in [0.1, 0.15) is 0 Å². The lowest BCUT2D eigenvalue weighted by atomic mass is 9.84. The highest BCUT2D eigenvalue weighted by molar-refractivity contribution is 4.97. The minimum absolute atomic E-state index is 0.0370. The second kappa shape index (κ2) is 4.60. The van der Waals surface area contributed by atoms with Gasteiger partial charge in [-0.05, 0) is 18.3 Å². The van der Waals surface area contributed by atoms with Crippen LogP contribution in [-0.4, -0.2) is 23.3 Å². The van der Waals surface area contributed by atoms with Crippen LogP contribution in [0, 0.1) is 17.8 Å². The maximum Gasteiger partial charge on any atom is 0.0624 e. The summed E-state index contributed by atoms with van der Waals surface area (Å²) in [6, 6.07) is 0.110. The minimum atomic E-state index is -0.311. The smallest absolute Gasteiger partial charge is 0.0624 e. The molecule has 84 valence electrons. The van der Waals surface area contributed by atoms with Gasteiger partial charge in [-0.25, -0.2) is 0 Å². The van der Waals surface area contributed by atoms with Gasteiger partial charge in [0.25, 0.3) is 0 Å². The highest BCUT2D eigenvalue weighted by atomic mass is 16.3. The van der Waals surface area contributed by atoms with Crippen molar-refractivity contribution in [3.63, 3.8) is 0 Å². The van der Waals surface area contributed by atoms with E-state index in [-0.39, 0.29) is 24.1 Å². The Hall–Kier alpha value is -0.120. The standard InChI is InChI=1S/C11H24N2O/c1-4-6(2)10(13)9-8(12)5-7(3)11(9)14/h6-11,14H,4-5,12-13H2,1-3H3. The van der Waals surface area contributed by atoms with Crippen molar-refractivity contribution in [2.45, 2.75) is 51.8 Å². The van der Waals surface area contributed by atoms with Gasteiger partial charge in [0.2, 0.25) is 0 Å². The van der Waals surface area contributed by atoms with Crippen LogP contribution >= 0.6 is 0 Å². The largest absolute Gasteiger partial charge is 0.392 e. The van der Waals surface area contributed by atoms with Crippen LogP contribution in [0.2, 0.25) is 0 Å². The van der Waals surface area contributed by atoms with Crippen LogP contribution in [0.1, 0.15) is 33.6 Å². The van der Waals surface area contributed by atoms with Crippen LogP contribution in [0.25, 0.3) is 0 Å². The number of aliphatic hydroxyl groups excluding tert-OH is 1. The Balaban J connectivity index is 2.66. The second-order valence-corrected chi connectivity index (χ2v) is 4.91. The van der Waals surface area contributed by atoms with Crippen molar-refractivity contribution >= 4 is 0 Å². The molecule has 0 amide bonds. The Morgan fingerprint density at radius 3 is 2.43 bits per heavy atom. The third-order valence-electron chi connectivity index (χ3n) is 3.86. The first-order valence-corrected chi connectivity index (χ1v) is 5.68. The molecule has 0 aromatic carbocycles. The molecule has 0 aromatic rings. The van der Waals surface area contributed by atoms with E-state index in [0.29, 0.717) is 11.8 Å². The van der Waals surface area contributed by atoms with Gasteiger partial charge in [0.05, 0.1) is 6.10 Å². The molecule has 1 rings (SSSR count).